The number of benzene rings is 3. The van der Waals surface area contributed by atoms with Crippen LogP contribution in [0.4, 0.5) is 0 Å². The molecule has 38 heavy (non-hydrogen) atoms. The maximum atomic E-state index is 14.0. The highest BCUT2D eigenvalue weighted by atomic mass is 35.5. The monoisotopic (exact) mass is 529 g/mol. The first-order valence-corrected chi connectivity index (χ1v) is 13.8. The van der Waals surface area contributed by atoms with Gasteiger partial charge in [0.1, 0.15) is 0 Å². The van der Waals surface area contributed by atoms with E-state index in [0.29, 0.717) is 11.6 Å². The summed E-state index contributed by atoms with van der Waals surface area (Å²) < 4.78 is 0. The molecule has 0 unspecified atom stereocenters. The van der Waals surface area contributed by atoms with Gasteiger partial charge in [-0.1, -0.05) is 84.4 Å². The molecule has 3 aromatic rings. The number of amides is 2. The highest BCUT2D eigenvalue weighted by Gasteiger charge is 2.62. The molecule has 1 saturated heterocycles. The normalized spacial score (nSPS) is 22.4. The number of halogens is 1. The van der Waals surface area contributed by atoms with Crippen molar-refractivity contribution in [2.45, 2.75) is 43.7 Å². The van der Waals surface area contributed by atoms with Crippen LogP contribution in [0.3, 0.4) is 0 Å². The number of nitrogens with zero attached hydrogens (tertiary/aromatic N) is 2. The summed E-state index contributed by atoms with van der Waals surface area (Å²) in [7, 11) is 1.91. The third-order valence-electron chi connectivity index (χ3n) is 8.39. The summed E-state index contributed by atoms with van der Waals surface area (Å²) in [4.78, 5) is 30.5. The summed E-state index contributed by atoms with van der Waals surface area (Å²) >= 11 is 6.20. The fourth-order valence-corrected chi connectivity index (χ4v) is 6.44. The fourth-order valence-electron chi connectivity index (χ4n) is 6.32. The van der Waals surface area contributed by atoms with E-state index in [1.54, 1.807) is 6.92 Å². The maximum absolute atomic E-state index is 14.0. The highest BCUT2D eigenvalue weighted by Crippen LogP contribution is 2.56. The van der Waals surface area contributed by atoms with Gasteiger partial charge in [0.15, 0.2) is 0 Å². The minimum atomic E-state index is -0.528. The molecule has 0 bridgehead atoms. The first-order chi connectivity index (χ1) is 18.3. The number of carbonyl (C=O) groups is 2. The number of hydrogen-bond acceptors (Lipinski definition) is 3. The number of hydrogen-bond donors (Lipinski definition) is 1. The Morgan fingerprint density at radius 2 is 1.53 bits per heavy atom. The first kappa shape index (κ1) is 26.5. The standard InChI is InChI=1S/C32H36ClN3O2/c1-24(37)34-31(26-11-7-4-8-12-26)17-19-36(20-18-31)23-28-21-32(28,27-13-15-29(33)16-14-27)30(38)35(2)22-25-9-5-3-6-10-25/h3-16,28H,17-23H2,1-2H3,(H,34,37)/t28-,32+/m0/s1. The van der Waals surface area contributed by atoms with Gasteiger partial charge in [0.05, 0.1) is 11.0 Å². The molecular formula is C32H36ClN3O2. The highest BCUT2D eigenvalue weighted by molar-refractivity contribution is 6.30. The molecule has 0 aromatic heterocycles. The van der Waals surface area contributed by atoms with E-state index < -0.39 is 5.41 Å². The van der Waals surface area contributed by atoms with Crippen LogP contribution in [0.2, 0.25) is 5.02 Å². The van der Waals surface area contributed by atoms with E-state index in [1.165, 1.54) is 0 Å². The number of carbonyl (C=O) groups excluding carboxylic acids is 2. The average Bonchev–Trinajstić information content (AvgIpc) is 3.65. The second kappa shape index (κ2) is 10.9. The topological polar surface area (TPSA) is 52.7 Å². The van der Waals surface area contributed by atoms with Crippen LogP contribution < -0.4 is 5.32 Å². The Balaban J connectivity index is 1.31. The van der Waals surface area contributed by atoms with Crippen LogP contribution >= 0.6 is 11.6 Å². The van der Waals surface area contributed by atoms with Gasteiger partial charge < -0.3 is 15.1 Å². The summed E-state index contributed by atoms with van der Waals surface area (Å²) in [6, 6.07) is 28.3. The van der Waals surface area contributed by atoms with Crippen molar-refractivity contribution in [3.63, 3.8) is 0 Å². The Morgan fingerprint density at radius 3 is 2.13 bits per heavy atom. The van der Waals surface area contributed by atoms with Crippen molar-refractivity contribution in [1.29, 1.82) is 0 Å². The molecule has 5 nitrogen and oxygen atoms in total. The van der Waals surface area contributed by atoms with Gasteiger partial charge >= 0.3 is 0 Å². The average molecular weight is 530 g/mol. The SMILES string of the molecule is CC(=O)NC1(c2ccccc2)CCN(C[C@@H]2C[C@@]2(C(=O)N(C)Cc2ccccc2)c2ccc(Cl)cc2)CC1. The molecule has 6 heteroatoms. The lowest BCUT2D eigenvalue weighted by atomic mass is 9.80. The molecule has 1 aliphatic carbocycles. The molecule has 2 atom stereocenters. The third kappa shape index (κ3) is 5.36. The van der Waals surface area contributed by atoms with Gasteiger partial charge in [-0.2, -0.15) is 0 Å². The van der Waals surface area contributed by atoms with Crippen molar-refractivity contribution in [3.8, 4) is 0 Å². The molecule has 1 aliphatic heterocycles. The Labute approximate surface area is 230 Å². The number of rotatable bonds is 8. The van der Waals surface area contributed by atoms with Gasteiger partial charge in [0.25, 0.3) is 0 Å². The van der Waals surface area contributed by atoms with E-state index in [2.05, 4.69) is 34.5 Å². The van der Waals surface area contributed by atoms with E-state index in [1.807, 2.05) is 72.6 Å². The van der Waals surface area contributed by atoms with E-state index >= 15 is 0 Å². The summed E-state index contributed by atoms with van der Waals surface area (Å²) in [5.41, 5.74) is 2.46. The Bertz CT molecular complexity index is 1260. The van der Waals surface area contributed by atoms with Crippen LogP contribution in [-0.2, 0) is 27.1 Å². The predicted octanol–water partition coefficient (Wildman–Crippen LogP) is 5.38. The van der Waals surface area contributed by atoms with Crippen LogP contribution in [0.25, 0.3) is 0 Å². The molecule has 2 amide bonds. The van der Waals surface area contributed by atoms with Crippen LogP contribution in [-0.4, -0.2) is 48.3 Å². The Morgan fingerprint density at radius 1 is 0.921 bits per heavy atom. The van der Waals surface area contributed by atoms with Gasteiger partial charge in [-0.3, -0.25) is 9.59 Å². The summed E-state index contributed by atoms with van der Waals surface area (Å²) in [6.45, 7) is 4.78. The molecule has 1 saturated carbocycles. The first-order valence-electron chi connectivity index (χ1n) is 13.4. The van der Waals surface area contributed by atoms with Crippen molar-refractivity contribution in [2.24, 2.45) is 5.92 Å². The van der Waals surface area contributed by atoms with E-state index in [0.717, 1.165) is 55.6 Å². The zero-order valence-electron chi connectivity index (χ0n) is 22.2. The van der Waals surface area contributed by atoms with E-state index in [-0.39, 0.29) is 23.3 Å². The summed E-state index contributed by atoms with van der Waals surface area (Å²) in [5, 5.41) is 3.94. The van der Waals surface area contributed by atoms with Crippen LogP contribution in [0.1, 0.15) is 42.9 Å². The molecule has 1 N–H and O–H groups in total. The molecule has 0 spiro atoms. The van der Waals surface area contributed by atoms with Crippen molar-refractivity contribution >= 4 is 23.4 Å². The largest absolute Gasteiger partial charge is 0.347 e. The minimum absolute atomic E-state index is 0.00157. The molecule has 0 radical (unpaired) electrons. The maximum Gasteiger partial charge on any atom is 0.233 e. The second-order valence-corrected chi connectivity index (χ2v) is 11.4. The Hall–Kier alpha value is -3.15. The minimum Gasteiger partial charge on any atom is -0.347 e. The fraction of sp³-hybridized carbons (Fsp3) is 0.375. The molecular weight excluding hydrogens is 494 g/mol. The van der Waals surface area contributed by atoms with Gasteiger partial charge in [-0.15, -0.1) is 0 Å². The van der Waals surface area contributed by atoms with Gasteiger partial charge in [0.2, 0.25) is 11.8 Å². The van der Waals surface area contributed by atoms with Gasteiger partial charge in [-0.25, -0.2) is 0 Å². The van der Waals surface area contributed by atoms with Crippen LogP contribution in [0, 0.1) is 5.92 Å². The van der Waals surface area contributed by atoms with Gasteiger partial charge in [0, 0.05) is 45.2 Å². The smallest absolute Gasteiger partial charge is 0.233 e. The van der Waals surface area contributed by atoms with Gasteiger partial charge in [-0.05, 0) is 54.0 Å². The zero-order valence-corrected chi connectivity index (χ0v) is 23.0. The molecule has 3 aromatic carbocycles. The van der Waals surface area contributed by atoms with Crippen LogP contribution in [0.15, 0.2) is 84.9 Å². The lowest BCUT2D eigenvalue weighted by Gasteiger charge is -2.43. The number of likely N-dealkylation sites (N-methyl/N-ethyl adjacent to an activating group) is 1. The lowest BCUT2D eigenvalue weighted by Crippen LogP contribution is -2.53. The van der Waals surface area contributed by atoms with Crippen molar-refractivity contribution in [3.05, 3.63) is 107 Å². The van der Waals surface area contributed by atoms with E-state index in [9.17, 15) is 9.59 Å². The molecule has 2 fully saturated rings. The van der Waals surface area contributed by atoms with Crippen molar-refractivity contribution in [2.75, 3.05) is 26.7 Å². The summed E-state index contributed by atoms with van der Waals surface area (Å²) in [5.74, 6) is 0.403. The number of nitrogens with one attached hydrogen (secondary N) is 1. The molecule has 2 aliphatic rings. The quantitative estimate of drug-likeness (QED) is 0.426. The summed E-state index contributed by atoms with van der Waals surface area (Å²) in [6.07, 6.45) is 2.52. The number of likely N-dealkylation sites (tertiary alicyclic amines) is 1. The third-order valence-corrected chi connectivity index (χ3v) is 8.64. The molecule has 198 valence electrons. The molecule has 1 heterocycles. The molecule has 5 rings (SSSR count). The Kier molecular flexibility index (Phi) is 7.60. The van der Waals surface area contributed by atoms with Crippen LogP contribution in [0.5, 0.6) is 0 Å². The second-order valence-electron chi connectivity index (χ2n) is 11.0. The zero-order chi connectivity index (χ0) is 26.8. The van der Waals surface area contributed by atoms with Crippen molar-refractivity contribution in [1.82, 2.24) is 15.1 Å². The van der Waals surface area contributed by atoms with Crippen molar-refractivity contribution < 1.29 is 9.59 Å². The predicted molar refractivity (Wildman–Crippen MR) is 152 cm³/mol. The lowest BCUT2D eigenvalue weighted by molar-refractivity contribution is -0.133. The van der Waals surface area contributed by atoms with E-state index in [4.69, 9.17) is 11.6 Å². The number of piperidine rings is 1.